The van der Waals surface area contributed by atoms with Gasteiger partial charge < -0.3 is 11.1 Å². The van der Waals surface area contributed by atoms with Gasteiger partial charge in [-0.25, -0.2) is 9.97 Å². The predicted molar refractivity (Wildman–Crippen MR) is 76.6 cm³/mol. The normalized spacial score (nSPS) is 10.7. The fraction of sp³-hybridized carbons (Fsp3) is 0. The van der Waals surface area contributed by atoms with E-state index in [0.717, 1.165) is 15.9 Å². The molecule has 90 valence electrons. The molecule has 18 heavy (non-hydrogen) atoms. The van der Waals surface area contributed by atoms with Crippen LogP contribution in [0.25, 0.3) is 10.2 Å². The maximum absolute atomic E-state index is 5.85. The summed E-state index contributed by atoms with van der Waals surface area (Å²) in [6.07, 6.45) is 0. The van der Waals surface area contributed by atoms with Gasteiger partial charge in [-0.15, -0.1) is 11.3 Å². The van der Waals surface area contributed by atoms with Gasteiger partial charge in [-0.05, 0) is 24.3 Å². The number of nitrogens with two attached hydrogens (primary N) is 1. The monoisotopic (exact) mass is 276 g/mol. The molecule has 6 heteroatoms. The Morgan fingerprint density at radius 1 is 1.22 bits per heavy atom. The van der Waals surface area contributed by atoms with Crippen molar-refractivity contribution in [3.63, 3.8) is 0 Å². The first-order valence-corrected chi connectivity index (χ1v) is 6.50. The molecule has 3 aromatic rings. The first-order valence-electron chi connectivity index (χ1n) is 5.24. The second kappa shape index (κ2) is 4.44. The largest absolute Gasteiger partial charge is 0.399 e. The predicted octanol–water partition coefficient (Wildman–Crippen LogP) is 3.67. The molecule has 0 aliphatic carbocycles. The third kappa shape index (κ3) is 2.23. The summed E-state index contributed by atoms with van der Waals surface area (Å²) in [6.45, 7) is 0. The van der Waals surface area contributed by atoms with Gasteiger partial charge in [0.05, 0.1) is 15.7 Å². The Hall–Kier alpha value is -1.85. The summed E-state index contributed by atoms with van der Waals surface area (Å²) in [6, 6.07) is 9.27. The van der Waals surface area contributed by atoms with Crippen LogP contribution in [0.1, 0.15) is 0 Å². The van der Waals surface area contributed by atoms with E-state index in [2.05, 4.69) is 15.3 Å². The Balaban J connectivity index is 1.95. The lowest BCUT2D eigenvalue weighted by Gasteiger charge is -2.06. The van der Waals surface area contributed by atoms with Gasteiger partial charge in [-0.2, -0.15) is 0 Å². The fourth-order valence-electron chi connectivity index (χ4n) is 1.66. The van der Waals surface area contributed by atoms with Crippen LogP contribution in [0.5, 0.6) is 0 Å². The van der Waals surface area contributed by atoms with Gasteiger partial charge in [0.15, 0.2) is 0 Å². The van der Waals surface area contributed by atoms with Crippen LogP contribution >= 0.6 is 22.9 Å². The molecule has 4 nitrogen and oxygen atoms in total. The molecule has 0 atom stereocenters. The second-order valence-corrected chi connectivity index (χ2v) is 5.04. The number of hydrogen-bond acceptors (Lipinski definition) is 5. The molecule has 2 heterocycles. The van der Waals surface area contributed by atoms with E-state index in [1.807, 2.05) is 23.7 Å². The van der Waals surface area contributed by atoms with Crippen LogP contribution in [-0.4, -0.2) is 9.97 Å². The van der Waals surface area contributed by atoms with E-state index < -0.39 is 0 Å². The molecule has 3 rings (SSSR count). The minimum Gasteiger partial charge on any atom is -0.399 e. The Labute approximate surface area is 112 Å². The second-order valence-electron chi connectivity index (χ2n) is 3.77. The van der Waals surface area contributed by atoms with Gasteiger partial charge in [0.25, 0.3) is 0 Å². The maximum Gasteiger partial charge on any atom is 0.134 e. The molecule has 0 aliphatic rings. The van der Waals surface area contributed by atoms with Crippen LogP contribution < -0.4 is 11.1 Å². The van der Waals surface area contributed by atoms with E-state index >= 15 is 0 Å². The van der Waals surface area contributed by atoms with Crippen molar-refractivity contribution >= 4 is 50.3 Å². The van der Waals surface area contributed by atoms with Crippen molar-refractivity contribution in [2.75, 3.05) is 11.1 Å². The Kier molecular flexibility index (Phi) is 2.77. The average molecular weight is 277 g/mol. The number of rotatable bonds is 2. The number of anilines is 3. The summed E-state index contributed by atoms with van der Waals surface area (Å²) in [5, 5.41) is 3.54. The number of nitrogens with one attached hydrogen (secondary N) is 1. The highest BCUT2D eigenvalue weighted by Crippen LogP contribution is 2.25. The number of halogens is 1. The molecule has 0 radical (unpaired) electrons. The molecule has 0 bridgehead atoms. The quantitative estimate of drug-likeness (QED) is 0.701. The zero-order chi connectivity index (χ0) is 12.5. The van der Waals surface area contributed by atoms with E-state index in [0.29, 0.717) is 16.7 Å². The zero-order valence-corrected chi connectivity index (χ0v) is 10.8. The lowest BCUT2D eigenvalue weighted by atomic mass is 10.3. The van der Waals surface area contributed by atoms with E-state index in [-0.39, 0.29) is 0 Å². The van der Waals surface area contributed by atoms with Gasteiger partial charge in [0, 0.05) is 17.4 Å². The summed E-state index contributed by atoms with van der Waals surface area (Å²) in [7, 11) is 0. The molecule has 0 fully saturated rings. The van der Waals surface area contributed by atoms with Crippen molar-refractivity contribution in [1.29, 1.82) is 0 Å². The molecule has 0 spiro atoms. The Bertz CT molecular complexity index is 690. The van der Waals surface area contributed by atoms with Crippen LogP contribution in [-0.2, 0) is 0 Å². The molecule has 0 saturated heterocycles. The van der Waals surface area contributed by atoms with Gasteiger partial charge in [-0.3, -0.25) is 0 Å². The van der Waals surface area contributed by atoms with Crippen molar-refractivity contribution in [2.45, 2.75) is 0 Å². The Morgan fingerprint density at radius 2 is 2.11 bits per heavy atom. The number of nitrogens with zero attached hydrogens (tertiary/aromatic N) is 2. The molecule has 0 saturated carbocycles. The molecule has 1 aromatic carbocycles. The van der Waals surface area contributed by atoms with Crippen LogP contribution in [0.4, 0.5) is 17.2 Å². The van der Waals surface area contributed by atoms with Crippen molar-refractivity contribution in [3.8, 4) is 0 Å². The van der Waals surface area contributed by atoms with Crippen LogP contribution in [0.3, 0.4) is 0 Å². The molecular formula is C12H9ClN4S. The fourth-order valence-corrected chi connectivity index (χ4v) is 2.59. The standard InChI is InChI=1S/C12H9ClN4S/c13-11-3-7(14)4-12(17-11)16-8-1-2-9-10(5-8)18-6-15-9/h1-6H,(H3,14,16,17). The average Bonchev–Trinajstić information content (AvgIpc) is 2.74. The summed E-state index contributed by atoms with van der Waals surface area (Å²) < 4.78 is 1.12. The number of pyridine rings is 1. The van der Waals surface area contributed by atoms with Gasteiger partial charge in [0.2, 0.25) is 0 Å². The molecule has 2 aromatic heterocycles. The number of benzene rings is 1. The van der Waals surface area contributed by atoms with Crippen molar-refractivity contribution < 1.29 is 0 Å². The van der Waals surface area contributed by atoms with Crippen LogP contribution in [0.15, 0.2) is 35.8 Å². The third-order valence-electron chi connectivity index (χ3n) is 2.42. The zero-order valence-electron chi connectivity index (χ0n) is 9.22. The highest BCUT2D eigenvalue weighted by molar-refractivity contribution is 7.16. The van der Waals surface area contributed by atoms with Crippen LogP contribution in [0.2, 0.25) is 5.15 Å². The van der Waals surface area contributed by atoms with E-state index in [9.17, 15) is 0 Å². The van der Waals surface area contributed by atoms with Gasteiger partial charge in [-0.1, -0.05) is 11.6 Å². The SMILES string of the molecule is Nc1cc(Cl)nc(Nc2ccc3ncsc3c2)c1. The smallest absolute Gasteiger partial charge is 0.134 e. The molecular weight excluding hydrogens is 268 g/mol. The summed E-state index contributed by atoms with van der Waals surface area (Å²) in [5.74, 6) is 0.629. The van der Waals surface area contributed by atoms with E-state index in [1.54, 1.807) is 23.5 Å². The van der Waals surface area contributed by atoms with Gasteiger partial charge >= 0.3 is 0 Å². The number of fused-ring (bicyclic) bond motifs is 1. The van der Waals surface area contributed by atoms with E-state index in [1.165, 1.54) is 0 Å². The highest BCUT2D eigenvalue weighted by Gasteiger charge is 2.02. The summed E-state index contributed by atoms with van der Waals surface area (Å²) in [5.41, 5.74) is 10.0. The number of aromatic nitrogens is 2. The van der Waals surface area contributed by atoms with Crippen molar-refractivity contribution in [2.24, 2.45) is 0 Å². The molecule has 0 amide bonds. The minimum absolute atomic E-state index is 0.372. The third-order valence-corrected chi connectivity index (χ3v) is 3.41. The lowest BCUT2D eigenvalue weighted by molar-refractivity contribution is 1.31. The number of nitrogen functional groups attached to an aromatic ring is 1. The molecule has 0 unspecified atom stereocenters. The Morgan fingerprint density at radius 3 is 2.94 bits per heavy atom. The first-order chi connectivity index (χ1) is 8.70. The lowest BCUT2D eigenvalue weighted by Crippen LogP contribution is -1.95. The van der Waals surface area contributed by atoms with Crippen molar-refractivity contribution in [1.82, 2.24) is 9.97 Å². The summed E-state index contributed by atoms with van der Waals surface area (Å²) in [4.78, 5) is 8.39. The maximum atomic E-state index is 5.85. The molecule has 3 N–H and O–H groups in total. The van der Waals surface area contributed by atoms with Crippen LogP contribution in [0, 0.1) is 0 Å². The topological polar surface area (TPSA) is 63.8 Å². The minimum atomic E-state index is 0.372. The van der Waals surface area contributed by atoms with Gasteiger partial charge in [0.1, 0.15) is 11.0 Å². The summed E-state index contributed by atoms with van der Waals surface area (Å²) >= 11 is 7.45. The van der Waals surface area contributed by atoms with Crippen molar-refractivity contribution in [3.05, 3.63) is 41.0 Å². The number of thiazole rings is 1. The first kappa shape index (κ1) is 11.3. The van der Waals surface area contributed by atoms with E-state index in [4.69, 9.17) is 17.3 Å². The molecule has 0 aliphatic heterocycles. The number of hydrogen-bond donors (Lipinski definition) is 2. The highest BCUT2D eigenvalue weighted by atomic mass is 35.5.